The monoisotopic (exact) mass is 278 g/mol. The van der Waals surface area contributed by atoms with E-state index in [1.165, 1.54) is 0 Å². The van der Waals surface area contributed by atoms with Gasteiger partial charge in [0.25, 0.3) is 0 Å². The standard InChI is InChI=1S/C15H22N2O3/c1-2-3-12-17(13-8-5-4-6-9-13)15(20)16-11-7-10-14(18)19/h4-6,8-9H,2-3,7,10-12H2,1H3,(H,16,20)(H,18,19). The summed E-state index contributed by atoms with van der Waals surface area (Å²) >= 11 is 0. The molecule has 0 atom stereocenters. The molecule has 20 heavy (non-hydrogen) atoms. The second-order valence-corrected chi connectivity index (χ2v) is 4.57. The van der Waals surface area contributed by atoms with E-state index >= 15 is 0 Å². The van der Waals surface area contributed by atoms with Crippen LogP contribution in [0.3, 0.4) is 0 Å². The molecule has 0 saturated carbocycles. The number of carboxylic acids is 1. The van der Waals surface area contributed by atoms with Gasteiger partial charge in [0, 0.05) is 25.2 Å². The molecule has 0 unspecified atom stereocenters. The third-order valence-electron chi connectivity index (χ3n) is 2.89. The average Bonchev–Trinajstić information content (AvgIpc) is 2.45. The molecule has 0 radical (unpaired) electrons. The molecule has 1 aromatic carbocycles. The number of nitrogens with one attached hydrogen (secondary N) is 1. The van der Waals surface area contributed by atoms with E-state index in [9.17, 15) is 9.59 Å². The smallest absolute Gasteiger partial charge is 0.321 e. The lowest BCUT2D eigenvalue weighted by Gasteiger charge is -2.23. The summed E-state index contributed by atoms with van der Waals surface area (Å²) in [5, 5.41) is 11.3. The summed E-state index contributed by atoms with van der Waals surface area (Å²) < 4.78 is 0. The Morgan fingerprint density at radius 1 is 1.20 bits per heavy atom. The first-order chi connectivity index (χ1) is 9.65. The van der Waals surface area contributed by atoms with Gasteiger partial charge in [-0.2, -0.15) is 0 Å². The Morgan fingerprint density at radius 2 is 1.90 bits per heavy atom. The first-order valence-corrected chi connectivity index (χ1v) is 6.97. The fourth-order valence-electron chi connectivity index (χ4n) is 1.80. The highest BCUT2D eigenvalue weighted by molar-refractivity contribution is 5.91. The Balaban J connectivity index is 2.54. The summed E-state index contributed by atoms with van der Waals surface area (Å²) in [5.41, 5.74) is 0.858. The van der Waals surface area contributed by atoms with E-state index in [0.717, 1.165) is 18.5 Å². The number of benzene rings is 1. The molecule has 0 aliphatic carbocycles. The SMILES string of the molecule is CCCCN(C(=O)NCCCC(=O)O)c1ccccc1. The molecule has 0 bridgehead atoms. The Hall–Kier alpha value is -2.04. The number of carboxylic acid groups (broad SMARTS) is 1. The average molecular weight is 278 g/mol. The maximum absolute atomic E-state index is 12.2. The van der Waals surface area contributed by atoms with Crippen molar-refractivity contribution < 1.29 is 14.7 Å². The number of amides is 2. The highest BCUT2D eigenvalue weighted by Gasteiger charge is 2.14. The van der Waals surface area contributed by atoms with E-state index in [1.54, 1.807) is 4.90 Å². The molecule has 2 amide bonds. The van der Waals surface area contributed by atoms with Crippen LogP contribution in [0.25, 0.3) is 0 Å². The molecule has 0 heterocycles. The normalized spacial score (nSPS) is 10.1. The van der Waals surface area contributed by atoms with Gasteiger partial charge in [0.2, 0.25) is 0 Å². The van der Waals surface area contributed by atoms with Crippen LogP contribution in [0.15, 0.2) is 30.3 Å². The molecule has 2 N–H and O–H groups in total. The van der Waals surface area contributed by atoms with Crippen molar-refractivity contribution >= 4 is 17.7 Å². The van der Waals surface area contributed by atoms with Crippen molar-refractivity contribution in [1.29, 1.82) is 0 Å². The van der Waals surface area contributed by atoms with Crippen LogP contribution in [0, 0.1) is 0 Å². The maximum Gasteiger partial charge on any atom is 0.321 e. The first-order valence-electron chi connectivity index (χ1n) is 6.97. The second-order valence-electron chi connectivity index (χ2n) is 4.57. The molecule has 0 fully saturated rings. The second kappa shape index (κ2) is 8.96. The van der Waals surface area contributed by atoms with Crippen molar-refractivity contribution in [2.45, 2.75) is 32.6 Å². The van der Waals surface area contributed by atoms with Crippen LogP contribution in [-0.2, 0) is 4.79 Å². The fraction of sp³-hybridized carbons (Fsp3) is 0.467. The molecule has 0 saturated heterocycles. The van der Waals surface area contributed by atoms with E-state index in [4.69, 9.17) is 5.11 Å². The van der Waals surface area contributed by atoms with Gasteiger partial charge in [-0.3, -0.25) is 9.69 Å². The van der Waals surface area contributed by atoms with Crippen LogP contribution >= 0.6 is 0 Å². The lowest BCUT2D eigenvalue weighted by atomic mass is 10.2. The molecular weight excluding hydrogens is 256 g/mol. The minimum absolute atomic E-state index is 0.0700. The van der Waals surface area contributed by atoms with Gasteiger partial charge >= 0.3 is 12.0 Å². The van der Waals surface area contributed by atoms with E-state index in [2.05, 4.69) is 12.2 Å². The largest absolute Gasteiger partial charge is 0.481 e. The summed E-state index contributed by atoms with van der Waals surface area (Å²) in [5.74, 6) is -0.842. The zero-order valence-corrected chi connectivity index (χ0v) is 11.8. The van der Waals surface area contributed by atoms with Crippen LogP contribution < -0.4 is 10.2 Å². The number of nitrogens with zero attached hydrogens (tertiary/aromatic N) is 1. The molecule has 0 aliphatic rings. The maximum atomic E-state index is 12.2. The van der Waals surface area contributed by atoms with Gasteiger partial charge in [-0.1, -0.05) is 31.5 Å². The Morgan fingerprint density at radius 3 is 2.50 bits per heavy atom. The minimum Gasteiger partial charge on any atom is -0.481 e. The van der Waals surface area contributed by atoms with Crippen molar-refractivity contribution in [2.24, 2.45) is 0 Å². The van der Waals surface area contributed by atoms with Crippen molar-refractivity contribution in [3.8, 4) is 0 Å². The quantitative estimate of drug-likeness (QED) is 0.718. The number of urea groups is 1. The third kappa shape index (κ3) is 5.73. The predicted molar refractivity (Wildman–Crippen MR) is 79.0 cm³/mol. The van der Waals surface area contributed by atoms with Crippen LogP contribution in [0.4, 0.5) is 10.5 Å². The van der Waals surface area contributed by atoms with Crippen molar-refractivity contribution in [2.75, 3.05) is 18.0 Å². The zero-order chi connectivity index (χ0) is 14.8. The number of carbonyl (C=O) groups is 2. The number of hydrogen-bond donors (Lipinski definition) is 2. The van der Waals surface area contributed by atoms with Crippen LogP contribution in [0.2, 0.25) is 0 Å². The number of hydrogen-bond acceptors (Lipinski definition) is 2. The first kappa shape index (κ1) is 16.0. The van der Waals surface area contributed by atoms with Gasteiger partial charge in [-0.25, -0.2) is 4.79 Å². The predicted octanol–water partition coefficient (Wildman–Crippen LogP) is 2.87. The number of para-hydroxylation sites is 1. The topological polar surface area (TPSA) is 69.6 Å². The Bertz CT molecular complexity index is 420. The molecule has 5 heteroatoms. The molecule has 0 aromatic heterocycles. The van der Waals surface area contributed by atoms with Crippen LogP contribution in [-0.4, -0.2) is 30.2 Å². The number of unbranched alkanes of at least 4 members (excludes halogenated alkanes) is 1. The van der Waals surface area contributed by atoms with Gasteiger partial charge in [0.1, 0.15) is 0 Å². The summed E-state index contributed by atoms with van der Waals surface area (Å²) in [6.07, 6.45) is 2.45. The number of anilines is 1. The van der Waals surface area contributed by atoms with Crippen molar-refractivity contribution in [3.05, 3.63) is 30.3 Å². The molecular formula is C15H22N2O3. The Labute approximate surface area is 119 Å². The lowest BCUT2D eigenvalue weighted by molar-refractivity contribution is -0.137. The highest BCUT2D eigenvalue weighted by atomic mass is 16.4. The van der Waals surface area contributed by atoms with E-state index in [0.29, 0.717) is 19.5 Å². The van der Waals surface area contributed by atoms with E-state index in [-0.39, 0.29) is 12.5 Å². The molecule has 5 nitrogen and oxygen atoms in total. The van der Waals surface area contributed by atoms with Crippen molar-refractivity contribution in [3.63, 3.8) is 0 Å². The van der Waals surface area contributed by atoms with Crippen LogP contribution in [0.1, 0.15) is 32.6 Å². The van der Waals surface area contributed by atoms with Gasteiger partial charge in [-0.05, 0) is 25.0 Å². The highest BCUT2D eigenvalue weighted by Crippen LogP contribution is 2.14. The number of rotatable bonds is 8. The minimum atomic E-state index is -0.842. The lowest BCUT2D eigenvalue weighted by Crippen LogP contribution is -2.41. The zero-order valence-electron chi connectivity index (χ0n) is 11.8. The summed E-state index contributed by atoms with van der Waals surface area (Å²) in [7, 11) is 0. The van der Waals surface area contributed by atoms with E-state index in [1.807, 2.05) is 30.3 Å². The summed E-state index contributed by atoms with van der Waals surface area (Å²) in [4.78, 5) is 24.3. The third-order valence-corrected chi connectivity index (χ3v) is 2.89. The molecule has 0 spiro atoms. The molecule has 0 aliphatic heterocycles. The van der Waals surface area contributed by atoms with Crippen LogP contribution in [0.5, 0.6) is 0 Å². The number of aliphatic carboxylic acids is 1. The summed E-state index contributed by atoms with van der Waals surface area (Å²) in [6.45, 7) is 3.11. The van der Waals surface area contributed by atoms with E-state index < -0.39 is 5.97 Å². The molecule has 110 valence electrons. The van der Waals surface area contributed by atoms with Gasteiger partial charge in [-0.15, -0.1) is 0 Å². The molecule has 1 rings (SSSR count). The van der Waals surface area contributed by atoms with Crippen molar-refractivity contribution in [1.82, 2.24) is 5.32 Å². The van der Waals surface area contributed by atoms with Gasteiger partial charge < -0.3 is 10.4 Å². The molecule has 1 aromatic rings. The van der Waals surface area contributed by atoms with Gasteiger partial charge in [0.15, 0.2) is 0 Å². The fourth-order valence-corrected chi connectivity index (χ4v) is 1.80. The van der Waals surface area contributed by atoms with Gasteiger partial charge in [0.05, 0.1) is 0 Å². The number of carbonyl (C=O) groups excluding carboxylic acids is 1. The summed E-state index contributed by atoms with van der Waals surface area (Å²) in [6, 6.07) is 9.32. The Kier molecular flexibility index (Phi) is 7.17.